The Morgan fingerprint density at radius 2 is 0.750 bits per heavy atom. The molecule has 0 rings (SSSR count). The van der Waals surface area contributed by atoms with Gasteiger partial charge in [-0.1, -0.05) is 0 Å². The van der Waals surface area contributed by atoms with Crippen molar-refractivity contribution in [3.63, 3.8) is 0 Å². The van der Waals surface area contributed by atoms with Gasteiger partial charge in [0.15, 0.2) is 0 Å². The van der Waals surface area contributed by atoms with Crippen LogP contribution >= 0.6 is 0 Å². The van der Waals surface area contributed by atoms with E-state index in [4.69, 9.17) is 32.3 Å². The second-order valence-corrected chi connectivity index (χ2v) is 10.4. The summed E-state index contributed by atoms with van der Waals surface area (Å²) in [5.74, 6) is 0. The van der Waals surface area contributed by atoms with Crippen LogP contribution in [0.15, 0.2) is 0 Å². The zero-order valence-corrected chi connectivity index (χ0v) is 18.3. The third-order valence-electron chi connectivity index (χ3n) is 3.21. The van der Waals surface area contributed by atoms with Gasteiger partial charge in [-0.2, -0.15) is 0 Å². The van der Waals surface area contributed by atoms with Crippen LogP contribution in [-0.2, 0) is 26.6 Å². The van der Waals surface area contributed by atoms with Crippen molar-refractivity contribution in [1.29, 1.82) is 0 Å². The van der Waals surface area contributed by atoms with Gasteiger partial charge in [0, 0.05) is 57.8 Å². The molecule has 7 nitrogen and oxygen atoms in total. The van der Waals surface area contributed by atoms with Gasteiger partial charge in [-0.15, -0.1) is 0 Å². The predicted octanol–water partition coefficient (Wildman–Crippen LogP) is 2.41. The molecule has 24 heavy (non-hydrogen) atoms. The molecule has 0 aromatic heterocycles. The monoisotopic (exact) mass is 383 g/mol. The topological polar surface area (TPSA) is 81.4 Å². The van der Waals surface area contributed by atoms with E-state index in [-0.39, 0.29) is 6.04 Å². The summed E-state index contributed by atoms with van der Waals surface area (Å²) in [5, 5.41) is 0. The van der Waals surface area contributed by atoms with Crippen LogP contribution in [0.25, 0.3) is 0 Å². The van der Waals surface area contributed by atoms with Gasteiger partial charge in [-0.25, -0.2) is 0 Å². The van der Waals surface area contributed by atoms with Crippen molar-refractivity contribution in [3.8, 4) is 0 Å². The molecule has 0 radical (unpaired) electrons. The summed E-state index contributed by atoms with van der Waals surface area (Å²) in [6.07, 6.45) is 0. The lowest BCUT2D eigenvalue weighted by Gasteiger charge is -2.34. The molecule has 0 fully saturated rings. The molecule has 0 bridgehead atoms. The Morgan fingerprint density at radius 3 is 0.917 bits per heavy atom. The molecule has 0 saturated carbocycles. The van der Waals surface area contributed by atoms with Crippen molar-refractivity contribution in [3.05, 3.63) is 0 Å². The first-order chi connectivity index (χ1) is 11.5. The molecule has 0 saturated heterocycles. The SMILES string of the molecule is CCO[Si](CC(N)C[Si](OCC)(OCC)OCC)(OCC)OCC. The van der Waals surface area contributed by atoms with E-state index < -0.39 is 17.6 Å². The number of rotatable bonds is 16. The van der Waals surface area contributed by atoms with E-state index in [1.165, 1.54) is 0 Å². The smallest absolute Gasteiger partial charge is 0.374 e. The van der Waals surface area contributed by atoms with Crippen LogP contribution in [0, 0.1) is 0 Å². The highest BCUT2D eigenvalue weighted by molar-refractivity contribution is 6.63. The van der Waals surface area contributed by atoms with Crippen LogP contribution < -0.4 is 5.73 Å². The lowest BCUT2D eigenvalue weighted by atomic mass is 10.4. The summed E-state index contributed by atoms with van der Waals surface area (Å²) in [7, 11) is -5.59. The van der Waals surface area contributed by atoms with Crippen LogP contribution in [0.2, 0.25) is 12.1 Å². The van der Waals surface area contributed by atoms with Gasteiger partial charge in [0.25, 0.3) is 0 Å². The molecular weight excluding hydrogens is 346 g/mol. The largest absolute Gasteiger partial charge is 0.502 e. The van der Waals surface area contributed by atoms with Crippen LogP contribution in [0.3, 0.4) is 0 Å². The Labute approximate surface area is 149 Å². The lowest BCUT2D eigenvalue weighted by molar-refractivity contribution is 0.0630. The van der Waals surface area contributed by atoms with Crippen LogP contribution in [0.5, 0.6) is 0 Å². The van der Waals surface area contributed by atoms with Gasteiger partial charge in [-0.3, -0.25) is 0 Å². The van der Waals surface area contributed by atoms with Crippen molar-refractivity contribution in [2.75, 3.05) is 39.6 Å². The Hall–Kier alpha value is 0.154. The summed E-state index contributed by atoms with van der Waals surface area (Å²) < 4.78 is 35.3. The first-order valence-corrected chi connectivity index (χ1v) is 12.9. The lowest BCUT2D eigenvalue weighted by Crippen LogP contribution is -2.54. The maximum atomic E-state index is 6.42. The molecular formula is C15H37NO6Si2. The zero-order valence-electron chi connectivity index (χ0n) is 16.3. The minimum atomic E-state index is -2.80. The highest BCUT2D eigenvalue weighted by Crippen LogP contribution is 2.24. The Kier molecular flexibility index (Phi) is 13.5. The molecule has 0 heterocycles. The normalized spacial score (nSPS) is 13.0. The highest BCUT2D eigenvalue weighted by atomic mass is 28.4. The molecule has 2 N–H and O–H groups in total. The molecule has 0 unspecified atom stereocenters. The molecule has 0 aromatic rings. The quantitative estimate of drug-likeness (QED) is 0.410. The van der Waals surface area contributed by atoms with Gasteiger partial charge in [0.05, 0.1) is 0 Å². The van der Waals surface area contributed by atoms with E-state index in [1.54, 1.807) is 0 Å². The van der Waals surface area contributed by atoms with E-state index in [0.29, 0.717) is 51.7 Å². The first-order valence-electron chi connectivity index (χ1n) is 9.06. The zero-order chi connectivity index (χ0) is 18.5. The van der Waals surface area contributed by atoms with Crippen molar-refractivity contribution in [2.24, 2.45) is 5.73 Å². The minimum absolute atomic E-state index is 0.238. The van der Waals surface area contributed by atoms with E-state index in [1.807, 2.05) is 41.5 Å². The fourth-order valence-corrected chi connectivity index (χ4v) is 8.35. The average Bonchev–Trinajstić information content (AvgIpc) is 2.48. The predicted molar refractivity (Wildman–Crippen MR) is 98.9 cm³/mol. The third-order valence-corrected chi connectivity index (χ3v) is 9.63. The van der Waals surface area contributed by atoms with E-state index >= 15 is 0 Å². The van der Waals surface area contributed by atoms with Crippen molar-refractivity contribution < 1.29 is 26.6 Å². The van der Waals surface area contributed by atoms with E-state index in [0.717, 1.165) is 0 Å². The fourth-order valence-electron chi connectivity index (χ4n) is 2.64. The summed E-state index contributed by atoms with van der Waals surface area (Å²) >= 11 is 0. The van der Waals surface area contributed by atoms with Gasteiger partial charge in [0.2, 0.25) is 0 Å². The maximum absolute atomic E-state index is 6.42. The molecule has 0 spiro atoms. The molecule has 0 aliphatic carbocycles. The van der Waals surface area contributed by atoms with E-state index in [2.05, 4.69) is 0 Å². The van der Waals surface area contributed by atoms with Crippen molar-refractivity contribution in [1.82, 2.24) is 0 Å². The second-order valence-electron chi connectivity index (χ2n) is 5.13. The summed E-state index contributed by atoms with van der Waals surface area (Å²) in [6, 6.07) is 0.798. The van der Waals surface area contributed by atoms with Crippen LogP contribution in [0.4, 0.5) is 0 Å². The van der Waals surface area contributed by atoms with Crippen molar-refractivity contribution >= 4 is 17.6 Å². The molecule has 0 amide bonds. The summed E-state index contributed by atoms with van der Waals surface area (Å²) in [4.78, 5) is 0. The summed E-state index contributed by atoms with van der Waals surface area (Å²) in [6.45, 7) is 14.8. The third kappa shape index (κ3) is 8.50. The van der Waals surface area contributed by atoms with Gasteiger partial charge >= 0.3 is 17.6 Å². The standard InChI is InChI=1S/C15H37NO6Si2/c1-7-17-23(18-8-2,19-9-3)13-15(16)14-24(20-10-4,21-11-5)22-12-6/h15H,7-14,16H2,1-6H3. The van der Waals surface area contributed by atoms with Crippen LogP contribution in [-0.4, -0.2) is 63.3 Å². The Balaban J connectivity index is 5.12. The molecule has 0 aliphatic heterocycles. The number of hydrogen-bond donors (Lipinski definition) is 1. The molecule has 0 atom stereocenters. The van der Waals surface area contributed by atoms with Gasteiger partial charge < -0.3 is 32.3 Å². The van der Waals surface area contributed by atoms with Gasteiger partial charge in [-0.05, 0) is 41.5 Å². The summed E-state index contributed by atoms with van der Waals surface area (Å²) in [5.41, 5.74) is 6.42. The van der Waals surface area contributed by atoms with E-state index in [9.17, 15) is 0 Å². The average molecular weight is 384 g/mol. The first kappa shape index (κ1) is 24.2. The molecule has 146 valence electrons. The Bertz CT molecular complexity index is 250. The maximum Gasteiger partial charge on any atom is 0.502 e. The van der Waals surface area contributed by atoms with Crippen LogP contribution in [0.1, 0.15) is 41.5 Å². The fraction of sp³-hybridized carbons (Fsp3) is 1.00. The number of nitrogens with two attached hydrogens (primary N) is 1. The Morgan fingerprint density at radius 1 is 0.542 bits per heavy atom. The molecule has 9 heteroatoms. The highest BCUT2D eigenvalue weighted by Gasteiger charge is 2.47. The molecule has 0 aliphatic rings. The minimum Gasteiger partial charge on any atom is -0.374 e. The second kappa shape index (κ2) is 13.4. The van der Waals surface area contributed by atoms with Gasteiger partial charge in [0.1, 0.15) is 0 Å². The molecule has 0 aromatic carbocycles. The number of hydrogen-bond acceptors (Lipinski definition) is 7. The van der Waals surface area contributed by atoms with Crippen molar-refractivity contribution in [2.45, 2.75) is 59.7 Å².